The Labute approximate surface area is 116 Å². The number of benzene rings is 1. The fraction of sp³-hybridized carbons (Fsp3) is 0.385. The van der Waals surface area contributed by atoms with Gasteiger partial charge in [-0.3, -0.25) is 0 Å². The van der Waals surface area contributed by atoms with Crippen molar-refractivity contribution >= 4 is 22.9 Å². The van der Waals surface area contributed by atoms with Crippen molar-refractivity contribution < 1.29 is 0 Å². The van der Waals surface area contributed by atoms with Gasteiger partial charge in [-0.15, -0.1) is 10.2 Å². The third kappa shape index (κ3) is 2.71. The van der Waals surface area contributed by atoms with Crippen LogP contribution in [0.3, 0.4) is 0 Å². The molecular formula is C13H16ClN3S. The number of hydrogen-bond donors (Lipinski definition) is 1. The number of hydrogen-bond acceptors (Lipinski definition) is 4. The number of halogens is 1. The van der Waals surface area contributed by atoms with Crippen LogP contribution in [0.1, 0.15) is 30.5 Å². The second-order valence-electron chi connectivity index (χ2n) is 4.16. The molecule has 0 bridgehead atoms. The molecule has 0 aliphatic heterocycles. The lowest BCUT2D eigenvalue weighted by Crippen LogP contribution is -2.17. The van der Waals surface area contributed by atoms with E-state index < -0.39 is 0 Å². The molecular weight excluding hydrogens is 266 g/mol. The molecule has 0 aliphatic rings. The summed E-state index contributed by atoms with van der Waals surface area (Å²) in [5.74, 6) is 0. The summed E-state index contributed by atoms with van der Waals surface area (Å²) in [5, 5.41) is 14.4. The quantitative estimate of drug-likeness (QED) is 0.925. The maximum absolute atomic E-state index is 6.30. The Balaban J connectivity index is 2.32. The van der Waals surface area contributed by atoms with Crippen molar-refractivity contribution in [3.63, 3.8) is 0 Å². The third-order valence-electron chi connectivity index (χ3n) is 2.74. The fourth-order valence-electron chi connectivity index (χ4n) is 1.72. The molecule has 3 nitrogen and oxygen atoms in total. The molecule has 2 aromatic rings. The predicted molar refractivity (Wildman–Crippen MR) is 77.2 cm³/mol. The predicted octanol–water partition coefficient (Wildman–Crippen LogP) is 3.84. The first-order chi connectivity index (χ1) is 8.63. The van der Waals surface area contributed by atoms with E-state index in [4.69, 9.17) is 11.6 Å². The van der Waals surface area contributed by atoms with Gasteiger partial charge in [0.05, 0.1) is 11.1 Å². The molecule has 1 N–H and O–H groups in total. The van der Waals surface area contributed by atoms with Gasteiger partial charge in [-0.05, 0) is 26.0 Å². The summed E-state index contributed by atoms with van der Waals surface area (Å²) in [7, 11) is 0. The zero-order valence-corrected chi connectivity index (χ0v) is 12.3. The number of aromatic nitrogens is 2. The number of nitrogens with zero attached hydrogens (tertiary/aromatic N) is 2. The highest BCUT2D eigenvalue weighted by molar-refractivity contribution is 7.14. The molecule has 0 saturated heterocycles. The SMILES string of the molecule is CCNC(C)c1nnc(-c2cccc(C)c2Cl)s1. The van der Waals surface area contributed by atoms with Crippen molar-refractivity contribution in [2.45, 2.75) is 26.8 Å². The van der Waals surface area contributed by atoms with Gasteiger partial charge in [0.1, 0.15) is 10.0 Å². The van der Waals surface area contributed by atoms with Crippen molar-refractivity contribution in [1.29, 1.82) is 0 Å². The summed E-state index contributed by atoms with van der Waals surface area (Å²) in [6, 6.07) is 6.20. The van der Waals surface area contributed by atoms with E-state index in [2.05, 4.69) is 29.4 Å². The van der Waals surface area contributed by atoms with Gasteiger partial charge in [0, 0.05) is 5.56 Å². The van der Waals surface area contributed by atoms with E-state index in [0.717, 1.165) is 32.7 Å². The summed E-state index contributed by atoms with van der Waals surface area (Å²) in [5.41, 5.74) is 2.02. The Morgan fingerprint density at radius 2 is 2.17 bits per heavy atom. The second kappa shape index (κ2) is 5.78. The Hall–Kier alpha value is -0.970. The van der Waals surface area contributed by atoms with Crippen LogP contribution in [0, 0.1) is 6.92 Å². The summed E-state index contributed by atoms with van der Waals surface area (Å²) in [4.78, 5) is 0. The minimum Gasteiger partial charge on any atom is -0.308 e. The Morgan fingerprint density at radius 3 is 2.89 bits per heavy atom. The molecule has 18 heavy (non-hydrogen) atoms. The molecule has 2 rings (SSSR count). The standard InChI is InChI=1S/C13H16ClN3S/c1-4-15-9(3)12-16-17-13(18-12)10-7-5-6-8(2)11(10)14/h5-7,9,15H,4H2,1-3H3. The Morgan fingerprint density at radius 1 is 1.39 bits per heavy atom. The lowest BCUT2D eigenvalue weighted by Gasteiger charge is -2.06. The highest BCUT2D eigenvalue weighted by Crippen LogP contribution is 2.33. The van der Waals surface area contributed by atoms with E-state index in [-0.39, 0.29) is 6.04 Å². The lowest BCUT2D eigenvalue weighted by atomic mass is 10.1. The maximum atomic E-state index is 6.30. The fourth-order valence-corrected chi connectivity index (χ4v) is 2.90. The lowest BCUT2D eigenvalue weighted by molar-refractivity contribution is 0.590. The molecule has 1 heterocycles. The van der Waals surface area contributed by atoms with Gasteiger partial charge in [0.15, 0.2) is 0 Å². The molecule has 0 spiro atoms. The van der Waals surface area contributed by atoms with Crippen molar-refractivity contribution in [2.24, 2.45) is 0 Å². The van der Waals surface area contributed by atoms with Gasteiger partial charge in [-0.1, -0.05) is 48.1 Å². The van der Waals surface area contributed by atoms with E-state index in [1.54, 1.807) is 11.3 Å². The molecule has 0 amide bonds. The van der Waals surface area contributed by atoms with E-state index in [0.29, 0.717) is 0 Å². The van der Waals surface area contributed by atoms with Crippen molar-refractivity contribution in [3.8, 4) is 10.6 Å². The van der Waals surface area contributed by atoms with Crippen LogP contribution in [0.4, 0.5) is 0 Å². The molecule has 5 heteroatoms. The van der Waals surface area contributed by atoms with Crippen LogP contribution in [0.5, 0.6) is 0 Å². The Kier molecular flexibility index (Phi) is 4.32. The minimum absolute atomic E-state index is 0.227. The van der Waals surface area contributed by atoms with Crippen molar-refractivity contribution in [3.05, 3.63) is 33.8 Å². The smallest absolute Gasteiger partial charge is 0.149 e. The molecule has 1 atom stereocenters. The highest BCUT2D eigenvalue weighted by atomic mass is 35.5. The zero-order valence-electron chi connectivity index (χ0n) is 10.7. The van der Waals surface area contributed by atoms with Gasteiger partial charge in [-0.2, -0.15) is 0 Å². The van der Waals surface area contributed by atoms with Crippen LogP contribution in [0.15, 0.2) is 18.2 Å². The normalized spacial score (nSPS) is 12.7. The molecule has 1 aromatic heterocycles. The van der Waals surface area contributed by atoms with E-state index >= 15 is 0 Å². The van der Waals surface area contributed by atoms with Crippen LogP contribution in [-0.4, -0.2) is 16.7 Å². The summed E-state index contributed by atoms with van der Waals surface area (Å²) >= 11 is 7.89. The van der Waals surface area contributed by atoms with Gasteiger partial charge < -0.3 is 5.32 Å². The first-order valence-corrected chi connectivity index (χ1v) is 7.15. The second-order valence-corrected chi connectivity index (χ2v) is 5.55. The summed E-state index contributed by atoms with van der Waals surface area (Å²) in [6.07, 6.45) is 0. The van der Waals surface area contributed by atoms with Crippen LogP contribution in [-0.2, 0) is 0 Å². The zero-order chi connectivity index (χ0) is 13.1. The largest absolute Gasteiger partial charge is 0.308 e. The molecule has 0 radical (unpaired) electrons. The maximum Gasteiger partial charge on any atom is 0.149 e. The van der Waals surface area contributed by atoms with E-state index in [1.807, 2.05) is 25.1 Å². The minimum atomic E-state index is 0.227. The van der Waals surface area contributed by atoms with E-state index in [9.17, 15) is 0 Å². The van der Waals surface area contributed by atoms with Crippen LogP contribution in [0.2, 0.25) is 5.02 Å². The third-order valence-corrected chi connectivity index (χ3v) is 4.38. The van der Waals surface area contributed by atoms with Gasteiger partial charge in [0.25, 0.3) is 0 Å². The number of nitrogens with one attached hydrogen (secondary N) is 1. The monoisotopic (exact) mass is 281 g/mol. The van der Waals surface area contributed by atoms with Crippen molar-refractivity contribution in [1.82, 2.24) is 15.5 Å². The topological polar surface area (TPSA) is 37.8 Å². The van der Waals surface area contributed by atoms with Crippen LogP contribution >= 0.6 is 22.9 Å². The Bertz CT molecular complexity index is 539. The van der Waals surface area contributed by atoms with Crippen LogP contribution < -0.4 is 5.32 Å². The molecule has 96 valence electrons. The van der Waals surface area contributed by atoms with Gasteiger partial charge in [-0.25, -0.2) is 0 Å². The summed E-state index contributed by atoms with van der Waals surface area (Å²) in [6.45, 7) is 7.08. The highest BCUT2D eigenvalue weighted by Gasteiger charge is 2.14. The average Bonchev–Trinajstić information content (AvgIpc) is 2.82. The van der Waals surface area contributed by atoms with Gasteiger partial charge >= 0.3 is 0 Å². The average molecular weight is 282 g/mol. The molecule has 1 aromatic carbocycles. The molecule has 1 unspecified atom stereocenters. The van der Waals surface area contributed by atoms with Crippen LogP contribution in [0.25, 0.3) is 10.6 Å². The van der Waals surface area contributed by atoms with Gasteiger partial charge in [0.2, 0.25) is 0 Å². The number of rotatable bonds is 4. The first-order valence-electron chi connectivity index (χ1n) is 5.95. The summed E-state index contributed by atoms with van der Waals surface area (Å²) < 4.78 is 0. The molecule has 0 saturated carbocycles. The van der Waals surface area contributed by atoms with E-state index in [1.165, 1.54) is 0 Å². The first kappa shape index (κ1) is 13.5. The molecule has 0 fully saturated rings. The number of aryl methyl sites for hydroxylation is 1. The van der Waals surface area contributed by atoms with Crippen molar-refractivity contribution in [2.75, 3.05) is 6.54 Å². The molecule has 0 aliphatic carbocycles.